The van der Waals surface area contributed by atoms with Crippen LogP contribution in [-0.4, -0.2) is 10.9 Å². The van der Waals surface area contributed by atoms with E-state index in [1.54, 1.807) is 42.5 Å². The van der Waals surface area contributed by atoms with Crippen molar-refractivity contribution in [1.82, 2.24) is 0 Å². The Morgan fingerprint density at radius 2 is 1.77 bits per heavy atom. The van der Waals surface area contributed by atoms with Crippen molar-refractivity contribution in [3.63, 3.8) is 0 Å². The van der Waals surface area contributed by atoms with Crippen molar-refractivity contribution in [2.45, 2.75) is 6.61 Å². The van der Waals surface area contributed by atoms with E-state index in [2.05, 4.69) is 0 Å². The average molecular weight is 318 g/mol. The number of non-ortho nitro benzene ring substituents is 1. The molecule has 0 aliphatic rings. The fourth-order valence-electron chi connectivity index (χ4n) is 1.65. The maximum Gasteiger partial charge on any atom is 0.331 e. The Labute approximate surface area is 131 Å². The van der Waals surface area contributed by atoms with Gasteiger partial charge in [-0.25, -0.2) is 4.79 Å². The Bertz CT molecular complexity index is 693. The first-order valence-corrected chi connectivity index (χ1v) is 6.76. The van der Waals surface area contributed by atoms with Gasteiger partial charge in [0.1, 0.15) is 6.61 Å². The third kappa shape index (κ3) is 4.71. The summed E-state index contributed by atoms with van der Waals surface area (Å²) in [5.74, 6) is -0.492. The summed E-state index contributed by atoms with van der Waals surface area (Å²) < 4.78 is 5.05. The van der Waals surface area contributed by atoms with Gasteiger partial charge in [0.15, 0.2) is 0 Å². The first kappa shape index (κ1) is 15.7. The molecule has 0 N–H and O–H groups in total. The van der Waals surface area contributed by atoms with Gasteiger partial charge in [-0.05, 0) is 41.5 Å². The Morgan fingerprint density at radius 1 is 1.14 bits per heavy atom. The predicted molar refractivity (Wildman–Crippen MR) is 83.4 cm³/mol. The smallest absolute Gasteiger partial charge is 0.331 e. The van der Waals surface area contributed by atoms with Crippen LogP contribution in [0.2, 0.25) is 5.02 Å². The topological polar surface area (TPSA) is 69.4 Å². The molecular weight excluding hydrogens is 306 g/mol. The minimum Gasteiger partial charge on any atom is -0.458 e. The van der Waals surface area contributed by atoms with Gasteiger partial charge < -0.3 is 4.74 Å². The van der Waals surface area contributed by atoms with Gasteiger partial charge in [-0.3, -0.25) is 10.1 Å². The van der Waals surface area contributed by atoms with Crippen LogP contribution >= 0.6 is 11.6 Å². The summed E-state index contributed by atoms with van der Waals surface area (Å²) in [5, 5.41) is 11.1. The molecule has 6 heteroatoms. The van der Waals surface area contributed by atoms with Crippen molar-refractivity contribution in [1.29, 1.82) is 0 Å². The van der Waals surface area contributed by atoms with Crippen LogP contribution in [0.4, 0.5) is 5.69 Å². The van der Waals surface area contributed by atoms with E-state index in [9.17, 15) is 14.9 Å². The first-order chi connectivity index (χ1) is 10.5. The Morgan fingerprint density at radius 3 is 2.36 bits per heavy atom. The zero-order chi connectivity index (χ0) is 15.9. The van der Waals surface area contributed by atoms with E-state index < -0.39 is 10.9 Å². The molecule has 5 nitrogen and oxygen atoms in total. The summed E-state index contributed by atoms with van der Waals surface area (Å²) in [7, 11) is 0. The molecule has 0 aliphatic heterocycles. The third-order valence-electron chi connectivity index (χ3n) is 2.81. The lowest BCUT2D eigenvalue weighted by Gasteiger charge is -2.02. The van der Waals surface area contributed by atoms with Crippen LogP contribution in [0.25, 0.3) is 6.08 Å². The van der Waals surface area contributed by atoms with E-state index in [0.717, 1.165) is 5.56 Å². The highest BCUT2D eigenvalue weighted by atomic mass is 35.5. The molecule has 0 amide bonds. The maximum atomic E-state index is 11.6. The summed E-state index contributed by atoms with van der Waals surface area (Å²) in [6.07, 6.45) is 2.93. The summed E-state index contributed by atoms with van der Waals surface area (Å²) in [6, 6.07) is 12.8. The number of halogens is 1. The lowest BCUT2D eigenvalue weighted by atomic mass is 10.2. The molecule has 0 heterocycles. The number of esters is 1. The molecule has 2 rings (SSSR count). The van der Waals surface area contributed by atoms with E-state index in [-0.39, 0.29) is 12.3 Å². The highest BCUT2D eigenvalue weighted by molar-refractivity contribution is 6.30. The molecule has 2 aromatic rings. The van der Waals surface area contributed by atoms with E-state index in [0.29, 0.717) is 10.6 Å². The number of hydrogen-bond acceptors (Lipinski definition) is 4. The Kier molecular flexibility index (Phi) is 5.27. The fraction of sp³-hybridized carbons (Fsp3) is 0.0625. The number of rotatable bonds is 5. The van der Waals surface area contributed by atoms with Gasteiger partial charge in [0.25, 0.3) is 5.69 Å². The largest absolute Gasteiger partial charge is 0.458 e. The van der Waals surface area contributed by atoms with Gasteiger partial charge in [0.2, 0.25) is 0 Å². The molecular formula is C16H12ClNO4. The number of carbonyl (C=O) groups excluding carboxylic acids is 1. The van der Waals surface area contributed by atoms with Crippen molar-refractivity contribution in [2.75, 3.05) is 0 Å². The second-order valence-corrected chi connectivity index (χ2v) is 4.85. The molecule has 2 aromatic carbocycles. The number of benzene rings is 2. The number of carbonyl (C=O) groups is 1. The quantitative estimate of drug-likeness (QED) is 0.361. The molecule has 0 radical (unpaired) electrons. The Hall–Kier alpha value is -2.66. The van der Waals surface area contributed by atoms with E-state index >= 15 is 0 Å². The van der Waals surface area contributed by atoms with Crippen LogP contribution in [0.15, 0.2) is 54.6 Å². The number of nitro groups is 1. The molecule has 112 valence electrons. The summed E-state index contributed by atoms with van der Waals surface area (Å²) in [5.41, 5.74) is 1.51. The Balaban J connectivity index is 1.87. The van der Waals surface area contributed by atoms with Crippen molar-refractivity contribution < 1.29 is 14.5 Å². The highest BCUT2D eigenvalue weighted by Crippen LogP contribution is 2.13. The lowest BCUT2D eigenvalue weighted by molar-refractivity contribution is -0.384. The number of ether oxygens (including phenoxy) is 1. The number of hydrogen-bond donors (Lipinski definition) is 0. The molecule has 0 bridgehead atoms. The van der Waals surface area contributed by atoms with Gasteiger partial charge in [-0.1, -0.05) is 23.7 Å². The van der Waals surface area contributed by atoms with Gasteiger partial charge in [0, 0.05) is 23.2 Å². The van der Waals surface area contributed by atoms with E-state index in [1.807, 2.05) is 0 Å². The zero-order valence-electron chi connectivity index (χ0n) is 11.4. The van der Waals surface area contributed by atoms with Gasteiger partial charge in [-0.15, -0.1) is 0 Å². The fourth-order valence-corrected chi connectivity index (χ4v) is 1.78. The zero-order valence-corrected chi connectivity index (χ0v) is 12.2. The monoisotopic (exact) mass is 317 g/mol. The third-order valence-corrected chi connectivity index (χ3v) is 3.06. The van der Waals surface area contributed by atoms with E-state index in [4.69, 9.17) is 16.3 Å². The number of nitrogens with zero attached hydrogens (tertiary/aromatic N) is 1. The molecule has 0 saturated carbocycles. The molecule has 0 aliphatic carbocycles. The summed E-state index contributed by atoms with van der Waals surface area (Å²) in [6.45, 7) is 0.0573. The normalized spacial score (nSPS) is 10.6. The SMILES string of the molecule is O=C(C=Cc1ccc(Cl)cc1)OCc1ccc([N+](=O)[O-])cc1. The average Bonchev–Trinajstić information content (AvgIpc) is 2.52. The molecule has 0 unspecified atom stereocenters. The molecule has 0 fully saturated rings. The van der Waals surface area contributed by atoms with Crippen LogP contribution in [-0.2, 0) is 16.1 Å². The highest BCUT2D eigenvalue weighted by Gasteiger charge is 2.05. The van der Waals surface area contributed by atoms with Crippen LogP contribution in [0, 0.1) is 10.1 Å². The standard InChI is InChI=1S/C16H12ClNO4/c17-14-6-1-12(2-7-14)5-10-16(19)22-11-13-3-8-15(9-4-13)18(20)21/h1-10H,11H2. The van der Waals surface area contributed by atoms with Crippen LogP contribution < -0.4 is 0 Å². The number of nitro benzene ring substituents is 1. The molecule has 0 saturated heterocycles. The molecule has 0 spiro atoms. The van der Waals surface area contributed by atoms with Gasteiger partial charge >= 0.3 is 5.97 Å². The van der Waals surface area contributed by atoms with Gasteiger partial charge in [-0.2, -0.15) is 0 Å². The second-order valence-electron chi connectivity index (χ2n) is 4.42. The van der Waals surface area contributed by atoms with Crippen LogP contribution in [0.1, 0.15) is 11.1 Å². The molecule has 22 heavy (non-hydrogen) atoms. The molecule has 0 atom stereocenters. The van der Waals surface area contributed by atoms with Crippen molar-refractivity contribution in [3.05, 3.63) is 80.9 Å². The van der Waals surface area contributed by atoms with E-state index in [1.165, 1.54) is 18.2 Å². The summed E-state index contributed by atoms with van der Waals surface area (Å²) in [4.78, 5) is 21.6. The van der Waals surface area contributed by atoms with Gasteiger partial charge in [0.05, 0.1) is 4.92 Å². The van der Waals surface area contributed by atoms with Crippen LogP contribution in [0.5, 0.6) is 0 Å². The van der Waals surface area contributed by atoms with Crippen molar-refractivity contribution in [3.8, 4) is 0 Å². The van der Waals surface area contributed by atoms with Crippen molar-refractivity contribution in [2.24, 2.45) is 0 Å². The summed E-state index contributed by atoms with van der Waals surface area (Å²) >= 11 is 5.76. The second kappa shape index (κ2) is 7.38. The lowest BCUT2D eigenvalue weighted by Crippen LogP contribution is -2.00. The minimum atomic E-state index is -0.492. The first-order valence-electron chi connectivity index (χ1n) is 6.38. The van der Waals surface area contributed by atoms with Crippen molar-refractivity contribution >= 4 is 29.3 Å². The molecule has 0 aromatic heterocycles. The maximum absolute atomic E-state index is 11.6. The minimum absolute atomic E-state index is 0.00212. The predicted octanol–water partition coefficient (Wildman–Crippen LogP) is 4.00. The van der Waals surface area contributed by atoms with Crippen LogP contribution in [0.3, 0.4) is 0 Å².